The summed E-state index contributed by atoms with van der Waals surface area (Å²) < 4.78 is 0.904. The van der Waals surface area contributed by atoms with Gasteiger partial charge in [0.15, 0.2) is 5.13 Å². The van der Waals surface area contributed by atoms with Gasteiger partial charge in [-0.1, -0.05) is 27.3 Å². The molecule has 2 amide bonds. The minimum Gasteiger partial charge on any atom is -0.350 e. The van der Waals surface area contributed by atoms with Crippen molar-refractivity contribution in [2.45, 2.75) is 6.92 Å². The first-order chi connectivity index (χ1) is 11.4. The summed E-state index contributed by atoms with van der Waals surface area (Å²) in [6.07, 6.45) is 0. The van der Waals surface area contributed by atoms with E-state index < -0.39 is 0 Å². The van der Waals surface area contributed by atoms with Crippen LogP contribution in [0.25, 0.3) is 0 Å². The fourth-order valence-electron chi connectivity index (χ4n) is 1.90. The minimum absolute atomic E-state index is 0.170. The van der Waals surface area contributed by atoms with Crippen molar-refractivity contribution in [3.63, 3.8) is 0 Å². The molecule has 0 radical (unpaired) electrons. The van der Waals surface area contributed by atoms with E-state index in [1.165, 1.54) is 11.3 Å². The van der Waals surface area contributed by atoms with E-state index in [1.807, 2.05) is 19.0 Å². The van der Waals surface area contributed by atoms with Crippen molar-refractivity contribution in [1.29, 1.82) is 0 Å². The number of carbonyl (C=O) groups excluding carboxylic acids is 2. The molecule has 0 saturated heterocycles. The number of carbonyl (C=O) groups is 2. The standard InChI is InChI=1S/C16H19BrN4O2S/c1-10-13(15(23)18-8-9-21(2)3)24-16(19-10)20-14(22)11-4-6-12(17)7-5-11/h4-7H,8-9H2,1-3H3,(H,18,23)(H,19,20,22). The fraction of sp³-hybridized carbons (Fsp3) is 0.312. The molecule has 0 aliphatic heterocycles. The predicted molar refractivity (Wildman–Crippen MR) is 99.8 cm³/mol. The van der Waals surface area contributed by atoms with Crippen LogP contribution in [-0.2, 0) is 0 Å². The maximum absolute atomic E-state index is 12.2. The molecular weight excluding hydrogens is 392 g/mol. The number of anilines is 1. The Morgan fingerprint density at radius 3 is 2.50 bits per heavy atom. The van der Waals surface area contributed by atoms with Gasteiger partial charge in [-0.25, -0.2) is 4.98 Å². The highest BCUT2D eigenvalue weighted by Crippen LogP contribution is 2.23. The van der Waals surface area contributed by atoms with Gasteiger partial charge < -0.3 is 10.2 Å². The molecule has 0 aliphatic carbocycles. The van der Waals surface area contributed by atoms with Crippen LogP contribution in [-0.4, -0.2) is 48.9 Å². The van der Waals surface area contributed by atoms with Crippen molar-refractivity contribution >= 4 is 44.2 Å². The Balaban J connectivity index is 2.01. The summed E-state index contributed by atoms with van der Waals surface area (Å²) in [5, 5.41) is 6.00. The summed E-state index contributed by atoms with van der Waals surface area (Å²) in [5.74, 6) is -0.424. The van der Waals surface area contributed by atoms with Crippen molar-refractivity contribution in [1.82, 2.24) is 15.2 Å². The van der Waals surface area contributed by atoms with Crippen LogP contribution in [0.15, 0.2) is 28.7 Å². The SMILES string of the molecule is Cc1nc(NC(=O)c2ccc(Br)cc2)sc1C(=O)NCCN(C)C. The molecular formula is C16H19BrN4O2S. The van der Waals surface area contributed by atoms with Gasteiger partial charge in [0.1, 0.15) is 4.88 Å². The molecule has 0 saturated carbocycles. The molecule has 1 heterocycles. The average Bonchev–Trinajstić information content (AvgIpc) is 2.88. The summed E-state index contributed by atoms with van der Waals surface area (Å²) in [5.41, 5.74) is 1.14. The number of hydrogen-bond acceptors (Lipinski definition) is 5. The van der Waals surface area contributed by atoms with Gasteiger partial charge in [-0.2, -0.15) is 0 Å². The van der Waals surface area contributed by atoms with Crippen molar-refractivity contribution in [3.8, 4) is 0 Å². The summed E-state index contributed by atoms with van der Waals surface area (Å²) in [6.45, 7) is 3.08. The van der Waals surface area contributed by atoms with E-state index in [0.717, 1.165) is 11.0 Å². The largest absolute Gasteiger partial charge is 0.350 e. The van der Waals surface area contributed by atoms with Crippen LogP contribution in [0.4, 0.5) is 5.13 Å². The van der Waals surface area contributed by atoms with Crippen LogP contribution >= 0.6 is 27.3 Å². The van der Waals surface area contributed by atoms with Gasteiger partial charge in [0.25, 0.3) is 11.8 Å². The van der Waals surface area contributed by atoms with E-state index in [4.69, 9.17) is 0 Å². The number of rotatable bonds is 6. The molecule has 0 spiro atoms. The van der Waals surface area contributed by atoms with Crippen molar-refractivity contribution in [2.24, 2.45) is 0 Å². The number of thiazole rings is 1. The molecule has 0 fully saturated rings. The second-order valence-corrected chi connectivity index (χ2v) is 7.37. The summed E-state index contributed by atoms with van der Waals surface area (Å²) in [6, 6.07) is 7.03. The highest BCUT2D eigenvalue weighted by molar-refractivity contribution is 9.10. The van der Waals surface area contributed by atoms with Crippen molar-refractivity contribution in [2.75, 3.05) is 32.5 Å². The molecule has 24 heavy (non-hydrogen) atoms. The number of nitrogens with zero attached hydrogens (tertiary/aromatic N) is 2. The zero-order valence-corrected chi connectivity index (χ0v) is 16.1. The van der Waals surface area contributed by atoms with E-state index >= 15 is 0 Å². The molecule has 0 atom stereocenters. The third-order valence-corrected chi connectivity index (χ3v) is 4.77. The lowest BCUT2D eigenvalue weighted by Crippen LogP contribution is -2.31. The first kappa shape index (κ1) is 18.6. The normalized spacial score (nSPS) is 10.7. The summed E-state index contributed by atoms with van der Waals surface area (Å²) in [7, 11) is 3.89. The number of amides is 2. The molecule has 0 bridgehead atoms. The van der Waals surface area contributed by atoms with Crippen molar-refractivity contribution < 1.29 is 9.59 Å². The summed E-state index contributed by atoms with van der Waals surface area (Å²) >= 11 is 4.50. The third-order valence-electron chi connectivity index (χ3n) is 3.17. The van der Waals surface area contributed by atoms with Gasteiger partial charge in [-0.3, -0.25) is 14.9 Å². The lowest BCUT2D eigenvalue weighted by molar-refractivity contribution is 0.0953. The Morgan fingerprint density at radius 1 is 1.21 bits per heavy atom. The first-order valence-electron chi connectivity index (χ1n) is 7.34. The number of aryl methyl sites for hydroxylation is 1. The van der Waals surface area contributed by atoms with E-state index in [0.29, 0.717) is 27.8 Å². The Labute approximate surface area is 153 Å². The number of aromatic nitrogens is 1. The van der Waals surface area contributed by atoms with Crippen molar-refractivity contribution in [3.05, 3.63) is 44.9 Å². The maximum atomic E-state index is 12.2. The monoisotopic (exact) mass is 410 g/mol. The number of likely N-dealkylation sites (N-methyl/N-ethyl adjacent to an activating group) is 1. The van der Waals surface area contributed by atoms with Gasteiger partial charge in [-0.15, -0.1) is 0 Å². The first-order valence-corrected chi connectivity index (χ1v) is 8.95. The zero-order valence-electron chi connectivity index (χ0n) is 13.7. The molecule has 2 N–H and O–H groups in total. The van der Waals surface area contributed by atoms with E-state index in [9.17, 15) is 9.59 Å². The molecule has 1 aromatic carbocycles. The van der Waals surface area contributed by atoms with E-state index in [1.54, 1.807) is 31.2 Å². The predicted octanol–water partition coefficient (Wildman–Crippen LogP) is 2.76. The number of nitrogens with one attached hydrogen (secondary N) is 2. The van der Waals surface area contributed by atoms with E-state index in [-0.39, 0.29) is 11.8 Å². The van der Waals surface area contributed by atoms with Gasteiger partial charge in [0.05, 0.1) is 5.69 Å². The highest BCUT2D eigenvalue weighted by Gasteiger charge is 2.16. The quantitative estimate of drug-likeness (QED) is 0.767. The topological polar surface area (TPSA) is 74.3 Å². The van der Waals surface area contributed by atoms with Gasteiger partial charge in [-0.05, 0) is 45.3 Å². The molecule has 128 valence electrons. The molecule has 2 rings (SSSR count). The molecule has 0 unspecified atom stereocenters. The molecule has 0 aliphatic rings. The maximum Gasteiger partial charge on any atom is 0.263 e. The smallest absolute Gasteiger partial charge is 0.263 e. The molecule has 8 heteroatoms. The second kappa shape index (κ2) is 8.36. The van der Waals surface area contributed by atoms with Gasteiger partial charge >= 0.3 is 0 Å². The Kier molecular flexibility index (Phi) is 6.47. The minimum atomic E-state index is -0.254. The lowest BCUT2D eigenvalue weighted by Gasteiger charge is -2.09. The van der Waals surface area contributed by atoms with Gasteiger partial charge in [0.2, 0.25) is 0 Å². The molecule has 1 aromatic heterocycles. The van der Waals surface area contributed by atoms with Crippen LogP contribution in [0.5, 0.6) is 0 Å². The average molecular weight is 411 g/mol. The highest BCUT2D eigenvalue weighted by atomic mass is 79.9. The Bertz CT molecular complexity index is 728. The number of halogens is 1. The lowest BCUT2D eigenvalue weighted by atomic mass is 10.2. The van der Waals surface area contributed by atoms with Gasteiger partial charge in [0, 0.05) is 23.1 Å². The number of hydrogen-bond donors (Lipinski definition) is 2. The molecule has 6 nitrogen and oxygen atoms in total. The Hall–Kier alpha value is -1.77. The third kappa shape index (κ3) is 5.12. The fourth-order valence-corrected chi connectivity index (χ4v) is 3.05. The number of benzene rings is 1. The van der Waals surface area contributed by atoms with Crippen LogP contribution in [0.1, 0.15) is 25.7 Å². The second-order valence-electron chi connectivity index (χ2n) is 5.45. The van der Waals surface area contributed by atoms with Crippen LogP contribution in [0.2, 0.25) is 0 Å². The van der Waals surface area contributed by atoms with Crippen LogP contribution in [0.3, 0.4) is 0 Å². The van der Waals surface area contributed by atoms with Crippen LogP contribution in [0, 0.1) is 6.92 Å². The Morgan fingerprint density at radius 2 is 1.88 bits per heavy atom. The zero-order chi connectivity index (χ0) is 17.7. The molecule has 2 aromatic rings. The van der Waals surface area contributed by atoms with Crippen LogP contribution < -0.4 is 10.6 Å². The van der Waals surface area contributed by atoms with E-state index in [2.05, 4.69) is 31.5 Å². The summed E-state index contributed by atoms with van der Waals surface area (Å²) in [4.78, 5) is 31.1.